The van der Waals surface area contributed by atoms with Crippen LogP contribution < -0.4 is 5.32 Å². The van der Waals surface area contributed by atoms with Gasteiger partial charge >= 0.3 is 0 Å². The Morgan fingerprint density at radius 2 is 1.94 bits per heavy atom. The number of benzene rings is 1. The van der Waals surface area contributed by atoms with Crippen molar-refractivity contribution in [2.75, 3.05) is 5.32 Å². The summed E-state index contributed by atoms with van der Waals surface area (Å²) >= 11 is 0. The van der Waals surface area contributed by atoms with E-state index in [1.54, 1.807) is 0 Å². The highest BCUT2D eigenvalue weighted by Gasteiger charge is 2.26. The molecule has 1 N–H and O–H groups in total. The van der Waals surface area contributed by atoms with E-state index in [4.69, 9.17) is 10.5 Å². The molecule has 2 unspecified atom stereocenters. The first-order chi connectivity index (χ1) is 8.33. The molecule has 2 rings (SSSR count). The molecule has 86 valence electrons. The maximum absolute atomic E-state index is 9.00. The summed E-state index contributed by atoms with van der Waals surface area (Å²) in [6.07, 6.45) is 3.64. The molecular formula is C14H15N3. The lowest BCUT2D eigenvalue weighted by atomic mass is 10.1. The summed E-state index contributed by atoms with van der Waals surface area (Å²) in [5.74, 6) is 0.133. The fourth-order valence-electron chi connectivity index (χ4n) is 2.31. The molecule has 1 aromatic carbocycles. The van der Waals surface area contributed by atoms with Crippen LogP contribution in [0.1, 0.15) is 24.8 Å². The molecule has 3 nitrogen and oxygen atoms in total. The Balaban J connectivity index is 2.00. The molecule has 1 aliphatic rings. The minimum Gasteiger partial charge on any atom is -0.381 e. The lowest BCUT2D eigenvalue weighted by Crippen LogP contribution is -2.22. The van der Waals surface area contributed by atoms with Gasteiger partial charge in [-0.1, -0.05) is 12.1 Å². The van der Waals surface area contributed by atoms with E-state index in [9.17, 15) is 0 Å². The number of nitrogens with one attached hydrogen (secondary N) is 1. The standard InChI is InChI=1S/C14H15N3/c15-9-8-11-4-6-13(7-5-11)17-14-3-1-2-12(14)10-16/h4-7,12,14,17H,1-3,8H2. The van der Waals surface area contributed by atoms with E-state index in [0.29, 0.717) is 6.42 Å². The lowest BCUT2D eigenvalue weighted by Gasteiger charge is -2.17. The molecule has 0 radical (unpaired) electrons. The summed E-state index contributed by atoms with van der Waals surface area (Å²) < 4.78 is 0. The van der Waals surface area contributed by atoms with Crippen LogP contribution in [0.4, 0.5) is 5.69 Å². The molecule has 0 bridgehead atoms. The van der Waals surface area contributed by atoms with Crippen molar-refractivity contribution >= 4 is 5.69 Å². The number of anilines is 1. The normalized spacial score (nSPS) is 22.7. The van der Waals surface area contributed by atoms with Crippen LogP contribution in [0.25, 0.3) is 0 Å². The molecule has 1 aromatic rings. The Morgan fingerprint density at radius 3 is 2.59 bits per heavy atom. The molecule has 17 heavy (non-hydrogen) atoms. The van der Waals surface area contributed by atoms with E-state index in [1.807, 2.05) is 24.3 Å². The van der Waals surface area contributed by atoms with E-state index in [2.05, 4.69) is 17.5 Å². The number of hydrogen-bond donors (Lipinski definition) is 1. The molecule has 1 saturated carbocycles. The molecule has 3 heteroatoms. The maximum atomic E-state index is 9.00. The SMILES string of the molecule is N#CCc1ccc(NC2CCCC2C#N)cc1. The van der Waals surface area contributed by atoms with Crippen LogP contribution in [-0.4, -0.2) is 6.04 Å². The minimum absolute atomic E-state index is 0.133. The first-order valence-electron chi connectivity index (χ1n) is 5.95. The Bertz CT molecular complexity index is 450. The molecular weight excluding hydrogens is 210 g/mol. The second-order valence-electron chi connectivity index (χ2n) is 4.45. The van der Waals surface area contributed by atoms with Crippen molar-refractivity contribution in [1.29, 1.82) is 10.5 Å². The van der Waals surface area contributed by atoms with Crippen molar-refractivity contribution in [3.63, 3.8) is 0 Å². The highest BCUT2D eigenvalue weighted by molar-refractivity contribution is 5.46. The highest BCUT2D eigenvalue weighted by atomic mass is 14.9. The first kappa shape index (κ1) is 11.5. The van der Waals surface area contributed by atoms with Crippen molar-refractivity contribution in [3.05, 3.63) is 29.8 Å². The van der Waals surface area contributed by atoms with Crippen molar-refractivity contribution in [3.8, 4) is 12.1 Å². The van der Waals surface area contributed by atoms with Crippen LogP contribution in [0.15, 0.2) is 24.3 Å². The number of nitrogens with zero attached hydrogens (tertiary/aromatic N) is 2. The van der Waals surface area contributed by atoms with Gasteiger partial charge in [0.05, 0.1) is 24.5 Å². The van der Waals surface area contributed by atoms with E-state index in [0.717, 1.165) is 30.5 Å². The van der Waals surface area contributed by atoms with Crippen molar-refractivity contribution in [1.82, 2.24) is 0 Å². The number of rotatable bonds is 3. The molecule has 0 spiro atoms. The second-order valence-corrected chi connectivity index (χ2v) is 4.45. The zero-order chi connectivity index (χ0) is 12.1. The number of nitriles is 2. The zero-order valence-corrected chi connectivity index (χ0v) is 9.69. The van der Waals surface area contributed by atoms with Crippen LogP contribution >= 0.6 is 0 Å². The van der Waals surface area contributed by atoms with E-state index in [1.165, 1.54) is 0 Å². The first-order valence-corrected chi connectivity index (χ1v) is 5.95. The molecule has 0 aliphatic heterocycles. The van der Waals surface area contributed by atoms with Gasteiger partial charge in [0, 0.05) is 11.7 Å². The fourth-order valence-corrected chi connectivity index (χ4v) is 2.31. The van der Waals surface area contributed by atoms with Crippen molar-refractivity contribution in [2.24, 2.45) is 5.92 Å². The van der Waals surface area contributed by atoms with E-state index < -0.39 is 0 Å². The van der Waals surface area contributed by atoms with Crippen LogP contribution in [0, 0.1) is 28.6 Å². The third kappa shape index (κ3) is 2.77. The highest BCUT2D eigenvalue weighted by Crippen LogP contribution is 2.28. The van der Waals surface area contributed by atoms with Crippen molar-refractivity contribution < 1.29 is 0 Å². The van der Waals surface area contributed by atoms with Gasteiger partial charge in [0.2, 0.25) is 0 Å². The summed E-state index contributed by atoms with van der Waals surface area (Å²) in [6, 6.07) is 12.7. The summed E-state index contributed by atoms with van der Waals surface area (Å²) in [5.41, 5.74) is 2.07. The predicted molar refractivity (Wildman–Crippen MR) is 66.1 cm³/mol. The smallest absolute Gasteiger partial charge is 0.0677 e. The average molecular weight is 225 g/mol. The summed E-state index contributed by atoms with van der Waals surface area (Å²) in [4.78, 5) is 0. The van der Waals surface area contributed by atoms with Gasteiger partial charge in [-0.25, -0.2) is 0 Å². The minimum atomic E-state index is 0.133. The van der Waals surface area contributed by atoms with E-state index >= 15 is 0 Å². The van der Waals surface area contributed by atoms with Gasteiger partial charge < -0.3 is 5.32 Å². The molecule has 0 saturated heterocycles. The van der Waals surface area contributed by atoms with Gasteiger partial charge in [0.15, 0.2) is 0 Å². The summed E-state index contributed by atoms with van der Waals surface area (Å²) in [6.45, 7) is 0. The Kier molecular flexibility index (Phi) is 3.62. The third-order valence-corrected chi connectivity index (χ3v) is 3.27. The van der Waals surface area contributed by atoms with Crippen LogP contribution in [-0.2, 0) is 6.42 Å². The number of hydrogen-bond acceptors (Lipinski definition) is 3. The van der Waals surface area contributed by atoms with Crippen LogP contribution in [0.2, 0.25) is 0 Å². The maximum Gasteiger partial charge on any atom is 0.0677 e. The topological polar surface area (TPSA) is 59.6 Å². The zero-order valence-electron chi connectivity index (χ0n) is 9.69. The lowest BCUT2D eigenvalue weighted by molar-refractivity contribution is 0.630. The Morgan fingerprint density at radius 1 is 1.18 bits per heavy atom. The Hall–Kier alpha value is -2.00. The van der Waals surface area contributed by atoms with Crippen LogP contribution in [0.3, 0.4) is 0 Å². The molecule has 1 fully saturated rings. The van der Waals surface area contributed by atoms with Gasteiger partial charge in [0.25, 0.3) is 0 Å². The van der Waals surface area contributed by atoms with E-state index in [-0.39, 0.29) is 12.0 Å². The van der Waals surface area contributed by atoms with Gasteiger partial charge in [-0.15, -0.1) is 0 Å². The van der Waals surface area contributed by atoms with Crippen LogP contribution in [0.5, 0.6) is 0 Å². The molecule has 1 aliphatic carbocycles. The summed E-state index contributed by atoms with van der Waals surface area (Å²) in [7, 11) is 0. The van der Waals surface area contributed by atoms with Gasteiger partial charge in [-0.05, 0) is 37.0 Å². The monoisotopic (exact) mass is 225 g/mol. The second kappa shape index (κ2) is 5.37. The molecule has 2 atom stereocenters. The Labute approximate surface area is 102 Å². The quantitative estimate of drug-likeness (QED) is 0.860. The molecule has 0 amide bonds. The van der Waals surface area contributed by atoms with Crippen molar-refractivity contribution in [2.45, 2.75) is 31.7 Å². The largest absolute Gasteiger partial charge is 0.381 e. The average Bonchev–Trinajstić information content (AvgIpc) is 2.79. The fraction of sp³-hybridized carbons (Fsp3) is 0.429. The molecule has 0 heterocycles. The molecule has 0 aromatic heterocycles. The predicted octanol–water partition coefficient (Wildman–Crippen LogP) is 2.86. The van der Waals surface area contributed by atoms with Gasteiger partial charge in [-0.3, -0.25) is 0 Å². The summed E-state index contributed by atoms with van der Waals surface area (Å²) in [5, 5.41) is 21.0. The third-order valence-electron chi connectivity index (χ3n) is 3.27. The van der Waals surface area contributed by atoms with Gasteiger partial charge in [0.1, 0.15) is 0 Å². The van der Waals surface area contributed by atoms with Gasteiger partial charge in [-0.2, -0.15) is 10.5 Å².